The lowest BCUT2D eigenvalue weighted by atomic mass is 10.1. The van der Waals surface area contributed by atoms with Gasteiger partial charge in [-0.3, -0.25) is 4.79 Å². The fourth-order valence-electron chi connectivity index (χ4n) is 7.31. The minimum absolute atomic E-state index is 0.00294. The fourth-order valence-corrected chi connectivity index (χ4v) is 7.31. The van der Waals surface area contributed by atoms with Crippen LogP contribution in [0.15, 0.2) is 48.5 Å². The number of benzene rings is 2. The monoisotopic (exact) mass is 671 g/mol. The first kappa shape index (κ1) is 33.1. The number of likely N-dealkylation sites (N-methyl/N-ethyl adjacent to an activating group) is 1. The van der Waals surface area contributed by atoms with Crippen LogP contribution < -0.4 is 20.4 Å². The summed E-state index contributed by atoms with van der Waals surface area (Å²) in [5.41, 5.74) is 2.50. The second kappa shape index (κ2) is 14.6. The molecule has 2 bridgehead atoms. The van der Waals surface area contributed by atoms with Crippen LogP contribution in [-0.2, 0) is 4.74 Å². The van der Waals surface area contributed by atoms with E-state index < -0.39 is 6.03 Å². The van der Waals surface area contributed by atoms with Gasteiger partial charge in [0.05, 0.1) is 37.5 Å². The molecule has 2 aromatic carbocycles. The molecule has 4 aliphatic heterocycles. The van der Waals surface area contributed by atoms with Gasteiger partial charge in [-0.2, -0.15) is 15.0 Å². The van der Waals surface area contributed by atoms with Crippen LogP contribution in [-0.4, -0.2) is 130 Å². The number of aliphatic hydroxyl groups excluding tert-OH is 2. The third-order valence-corrected chi connectivity index (χ3v) is 10.1. The average molecular weight is 672 g/mol. The standard InChI is InChI=1S/C35H45N9O5/c1-2-41-15-17-42(18-16-41)32(47)24-5-9-26(10-6-24)37-35(48)36-25-7-3-23(4-8-25)31-38-33(43-19-29-13-14-30(20-43)49-29)40-34(39-31)44-27(21-45)11-12-28(44)22-46/h3-10,27-30,45-46H,2,11-22H2,1H3,(H2,36,37,48)/t27-,28+,29?,30?. The number of aliphatic hydroxyl groups is 2. The van der Waals surface area contributed by atoms with Gasteiger partial charge >= 0.3 is 6.03 Å². The summed E-state index contributed by atoms with van der Waals surface area (Å²) in [6, 6.07) is 13.4. The van der Waals surface area contributed by atoms with Crippen molar-refractivity contribution in [3.63, 3.8) is 0 Å². The van der Waals surface area contributed by atoms with Gasteiger partial charge in [-0.15, -0.1) is 0 Å². The Kier molecular flexibility index (Phi) is 9.89. The van der Waals surface area contributed by atoms with E-state index in [9.17, 15) is 19.8 Å². The van der Waals surface area contributed by atoms with Crippen LogP contribution in [0, 0.1) is 0 Å². The van der Waals surface area contributed by atoms with Crippen molar-refractivity contribution in [3.8, 4) is 11.4 Å². The van der Waals surface area contributed by atoms with Crippen LogP contribution in [0.5, 0.6) is 0 Å². The molecular formula is C35H45N9O5. The van der Waals surface area contributed by atoms with Crippen LogP contribution in [0.25, 0.3) is 11.4 Å². The first-order chi connectivity index (χ1) is 23.9. The van der Waals surface area contributed by atoms with E-state index in [0.717, 1.165) is 50.9 Å². The maximum atomic E-state index is 12.9. The number of nitrogens with one attached hydrogen (secondary N) is 2. The zero-order valence-electron chi connectivity index (χ0n) is 27.9. The predicted molar refractivity (Wildman–Crippen MR) is 186 cm³/mol. The molecule has 2 unspecified atom stereocenters. The van der Waals surface area contributed by atoms with Crippen molar-refractivity contribution in [2.75, 3.05) is 79.5 Å². The molecule has 0 saturated carbocycles. The summed E-state index contributed by atoms with van der Waals surface area (Å²) < 4.78 is 6.04. The second-order valence-corrected chi connectivity index (χ2v) is 13.2. The largest absolute Gasteiger partial charge is 0.394 e. The maximum Gasteiger partial charge on any atom is 0.323 e. The van der Waals surface area contributed by atoms with Crippen LogP contribution in [0.4, 0.5) is 28.1 Å². The number of ether oxygens (including phenoxy) is 1. The Morgan fingerprint density at radius 2 is 1.35 bits per heavy atom. The molecule has 4 aliphatic rings. The first-order valence-corrected chi connectivity index (χ1v) is 17.4. The molecule has 49 heavy (non-hydrogen) atoms. The number of piperazine rings is 1. The number of fused-ring (bicyclic) bond motifs is 2. The number of amides is 3. The van der Waals surface area contributed by atoms with E-state index in [0.29, 0.717) is 60.8 Å². The predicted octanol–water partition coefficient (Wildman–Crippen LogP) is 2.65. The van der Waals surface area contributed by atoms with Crippen LogP contribution in [0.1, 0.15) is 43.0 Å². The smallest absolute Gasteiger partial charge is 0.323 e. The Bertz CT molecular complexity index is 1590. The molecule has 14 nitrogen and oxygen atoms in total. The molecule has 4 N–H and O–H groups in total. The van der Waals surface area contributed by atoms with Crippen LogP contribution >= 0.6 is 0 Å². The quantitative estimate of drug-likeness (QED) is 0.265. The van der Waals surface area contributed by atoms with Gasteiger partial charge in [-0.05, 0) is 80.8 Å². The highest BCUT2D eigenvalue weighted by molar-refractivity contribution is 6.00. The van der Waals surface area contributed by atoms with E-state index in [-0.39, 0.29) is 43.4 Å². The lowest BCUT2D eigenvalue weighted by Gasteiger charge is -2.34. The number of carbonyl (C=O) groups excluding carboxylic acids is 2. The number of aromatic nitrogens is 3. The van der Waals surface area contributed by atoms with Crippen molar-refractivity contribution in [2.45, 2.75) is 56.9 Å². The highest BCUT2D eigenvalue weighted by Gasteiger charge is 2.38. The molecule has 0 aliphatic carbocycles. The lowest BCUT2D eigenvalue weighted by molar-refractivity contribution is 0.0299. The summed E-state index contributed by atoms with van der Waals surface area (Å²) in [5, 5.41) is 25.9. The van der Waals surface area contributed by atoms with E-state index >= 15 is 0 Å². The highest BCUT2D eigenvalue weighted by atomic mass is 16.5. The van der Waals surface area contributed by atoms with Crippen LogP contribution in [0.2, 0.25) is 0 Å². The number of anilines is 4. The number of hydrogen-bond donors (Lipinski definition) is 4. The molecule has 14 heteroatoms. The van der Waals surface area contributed by atoms with Gasteiger partial charge in [0.25, 0.3) is 5.91 Å². The van der Waals surface area contributed by atoms with E-state index in [4.69, 9.17) is 19.7 Å². The number of carbonyl (C=O) groups is 2. The van der Waals surface area contributed by atoms with Gasteiger partial charge in [0.2, 0.25) is 11.9 Å². The first-order valence-electron chi connectivity index (χ1n) is 17.4. The Morgan fingerprint density at radius 1 is 0.776 bits per heavy atom. The number of urea groups is 1. The Labute approximate surface area is 286 Å². The van der Waals surface area contributed by atoms with Gasteiger partial charge in [0.15, 0.2) is 5.82 Å². The summed E-state index contributed by atoms with van der Waals surface area (Å²) >= 11 is 0. The maximum absolute atomic E-state index is 12.9. The van der Waals surface area contributed by atoms with Crippen molar-refractivity contribution < 1.29 is 24.5 Å². The van der Waals surface area contributed by atoms with Gasteiger partial charge in [0, 0.05) is 61.8 Å². The third kappa shape index (κ3) is 7.32. The molecule has 4 fully saturated rings. The van der Waals surface area contributed by atoms with E-state index in [1.54, 1.807) is 36.4 Å². The molecule has 4 atom stereocenters. The molecule has 3 aromatic rings. The summed E-state index contributed by atoms with van der Waals surface area (Å²) in [7, 11) is 0. The van der Waals surface area contributed by atoms with E-state index in [2.05, 4.69) is 27.4 Å². The lowest BCUT2D eigenvalue weighted by Crippen LogP contribution is -2.48. The Morgan fingerprint density at radius 3 is 1.92 bits per heavy atom. The summed E-state index contributed by atoms with van der Waals surface area (Å²) in [5.74, 6) is 1.46. The van der Waals surface area contributed by atoms with E-state index in [1.807, 2.05) is 21.9 Å². The zero-order valence-corrected chi connectivity index (χ0v) is 27.9. The van der Waals surface area contributed by atoms with E-state index in [1.165, 1.54) is 0 Å². The molecular weight excluding hydrogens is 626 g/mol. The summed E-state index contributed by atoms with van der Waals surface area (Å²) in [6.07, 6.45) is 3.80. The summed E-state index contributed by atoms with van der Waals surface area (Å²) in [4.78, 5) is 48.6. The highest BCUT2D eigenvalue weighted by Crippen LogP contribution is 2.33. The Hall–Kier alpha value is -4.37. The average Bonchev–Trinajstić information content (AvgIpc) is 3.73. The Balaban J connectivity index is 1.03. The molecule has 1 aromatic heterocycles. The third-order valence-electron chi connectivity index (χ3n) is 10.1. The van der Waals surface area contributed by atoms with Crippen LogP contribution in [0.3, 0.4) is 0 Å². The van der Waals surface area contributed by atoms with Gasteiger partial charge < -0.3 is 45.2 Å². The number of morpholine rings is 1. The zero-order chi connectivity index (χ0) is 33.9. The minimum Gasteiger partial charge on any atom is -0.394 e. The fraction of sp³-hybridized carbons (Fsp3) is 0.514. The molecule has 0 spiro atoms. The normalized spacial score (nSPS) is 23.9. The van der Waals surface area contributed by atoms with Gasteiger partial charge in [-0.25, -0.2) is 4.79 Å². The molecule has 0 radical (unpaired) electrons. The summed E-state index contributed by atoms with van der Waals surface area (Å²) in [6.45, 7) is 7.57. The minimum atomic E-state index is -0.409. The van der Waals surface area contributed by atoms with Crippen molar-refractivity contribution in [1.82, 2.24) is 24.8 Å². The second-order valence-electron chi connectivity index (χ2n) is 13.2. The van der Waals surface area contributed by atoms with Crippen molar-refractivity contribution in [1.29, 1.82) is 0 Å². The van der Waals surface area contributed by atoms with Crippen molar-refractivity contribution >= 4 is 35.2 Å². The number of rotatable bonds is 9. The molecule has 7 rings (SSSR count). The number of nitrogens with zero attached hydrogens (tertiary/aromatic N) is 7. The molecule has 5 heterocycles. The SMILES string of the molecule is CCN1CCN(C(=O)c2ccc(NC(=O)Nc3ccc(-c4nc(N5CC6CCC(C5)O6)nc(N5[C@H](CO)CC[C@@H]5CO)n4)cc3)cc2)CC1. The topological polar surface area (TPSA) is 160 Å². The van der Waals surface area contributed by atoms with Crippen molar-refractivity contribution in [3.05, 3.63) is 54.1 Å². The number of hydrogen-bond acceptors (Lipinski definition) is 11. The molecule has 260 valence electrons. The van der Waals surface area contributed by atoms with Gasteiger partial charge in [0.1, 0.15) is 0 Å². The molecule has 3 amide bonds. The molecule has 4 saturated heterocycles. The van der Waals surface area contributed by atoms with Gasteiger partial charge in [-0.1, -0.05) is 6.92 Å². The van der Waals surface area contributed by atoms with Crippen molar-refractivity contribution in [2.24, 2.45) is 0 Å².